The lowest BCUT2D eigenvalue weighted by atomic mass is 9.48. The van der Waals surface area contributed by atoms with E-state index in [1.54, 1.807) is 0 Å². The summed E-state index contributed by atoms with van der Waals surface area (Å²) in [5.41, 5.74) is 2.90. The molecule has 0 bridgehead atoms. The largest absolute Gasteiger partial charge is 0.466 e. The summed E-state index contributed by atoms with van der Waals surface area (Å²) in [6.45, 7) is 8.14. The Hall–Kier alpha value is -2.57. The number of esters is 3. The van der Waals surface area contributed by atoms with Gasteiger partial charge in [0.2, 0.25) is 5.76 Å². The fourth-order valence-electron chi connectivity index (χ4n) is 8.74. The second kappa shape index (κ2) is 8.77. The highest BCUT2D eigenvalue weighted by atomic mass is 16.6. The first kappa shape index (κ1) is 25.1. The van der Waals surface area contributed by atoms with Gasteiger partial charge in [-0.15, -0.1) is 0 Å². The standard InChI is InChI=1S/C29H38O7/c1-15-24-20(23(26(31)33-5)25(35-15)27(32)34-6)14-22-19-8-7-17-13-18(36-16(2)30)9-11-28(17,3)21(19)10-12-29(22,24)4/h7,18-22H,8-14H2,1-6H3/t18-,19+,20-,21-,22-,28-,29-/m0/s1. The van der Waals surface area contributed by atoms with E-state index in [0.29, 0.717) is 23.3 Å². The summed E-state index contributed by atoms with van der Waals surface area (Å²) in [5, 5.41) is 0. The highest BCUT2D eigenvalue weighted by molar-refractivity contribution is 6.00. The molecular weight excluding hydrogens is 460 g/mol. The van der Waals surface area contributed by atoms with E-state index in [0.717, 1.165) is 56.3 Å². The van der Waals surface area contributed by atoms with Crippen LogP contribution in [0.1, 0.15) is 72.6 Å². The molecule has 0 aromatic heterocycles. The van der Waals surface area contributed by atoms with Crippen molar-refractivity contribution in [3.05, 3.63) is 34.3 Å². The van der Waals surface area contributed by atoms with Gasteiger partial charge in [-0.3, -0.25) is 4.79 Å². The lowest BCUT2D eigenvalue weighted by molar-refractivity contribution is -0.148. The lowest BCUT2D eigenvalue weighted by Gasteiger charge is -2.57. The van der Waals surface area contributed by atoms with Crippen molar-refractivity contribution in [1.29, 1.82) is 0 Å². The molecule has 0 aromatic carbocycles. The van der Waals surface area contributed by atoms with Gasteiger partial charge in [-0.25, -0.2) is 9.59 Å². The van der Waals surface area contributed by atoms with Crippen LogP contribution in [0.25, 0.3) is 0 Å². The fourth-order valence-corrected chi connectivity index (χ4v) is 8.74. The molecule has 196 valence electrons. The molecule has 5 aliphatic rings. The summed E-state index contributed by atoms with van der Waals surface area (Å²) in [7, 11) is 2.64. The zero-order chi connectivity index (χ0) is 26.0. The number of hydrogen-bond donors (Lipinski definition) is 0. The Morgan fingerprint density at radius 2 is 1.69 bits per heavy atom. The number of fused-ring (bicyclic) bond motifs is 7. The van der Waals surface area contributed by atoms with Crippen LogP contribution in [0.5, 0.6) is 0 Å². The molecule has 0 unspecified atom stereocenters. The van der Waals surface area contributed by atoms with Crippen molar-refractivity contribution in [3.8, 4) is 0 Å². The first-order chi connectivity index (χ1) is 17.0. The number of ether oxygens (including phenoxy) is 4. The summed E-state index contributed by atoms with van der Waals surface area (Å²) < 4.78 is 21.7. The third-order valence-electron chi connectivity index (χ3n) is 10.2. The maximum atomic E-state index is 12.9. The molecule has 4 aliphatic carbocycles. The van der Waals surface area contributed by atoms with Gasteiger partial charge in [-0.1, -0.05) is 25.5 Å². The number of carbonyl (C=O) groups excluding carboxylic acids is 3. The van der Waals surface area contributed by atoms with Crippen LogP contribution in [0.2, 0.25) is 0 Å². The van der Waals surface area contributed by atoms with Gasteiger partial charge in [-0.2, -0.15) is 0 Å². The zero-order valence-electron chi connectivity index (χ0n) is 22.3. The molecule has 0 amide bonds. The summed E-state index contributed by atoms with van der Waals surface area (Å²) in [6.07, 6.45) is 9.07. The van der Waals surface area contributed by atoms with E-state index in [2.05, 4.69) is 19.9 Å². The topological polar surface area (TPSA) is 88.1 Å². The van der Waals surface area contributed by atoms with Gasteiger partial charge in [0.15, 0.2) is 0 Å². The first-order valence-electron chi connectivity index (χ1n) is 13.2. The van der Waals surface area contributed by atoms with Crippen molar-refractivity contribution in [3.63, 3.8) is 0 Å². The lowest BCUT2D eigenvalue weighted by Crippen LogP contribution is -2.49. The Morgan fingerprint density at radius 1 is 1.00 bits per heavy atom. The molecule has 0 radical (unpaired) electrons. The van der Waals surface area contributed by atoms with Crippen LogP contribution in [0.15, 0.2) is 34.3 Å². The van der Waals surface area contributed by atoms with Crippen LogP contribution in [0, 0.1) is 34.5 Å². The molecule has 36 heavy (non-hydrogen) atoms. The monoisotopic (exact) mass is 498 g/mol. The van der Waals surface area contributed by atoms with Gasteiger partial charge < -0.3 is 18.9 Å². The van der Waals surface area contributed by atoms with E-state index in [4.69, 9.17) is 18.9 Å². The Bertz CT molecular complexity index is 1100. The molecule has 7 heteroatoms. The SMILES string of the molecule is COC(=O)C1=C(C(=O)OC)[C@@H]2C[C@H]3[C@@H]4CC=C5C[C@@H](OC(C)=O)CC[C@]5(C)[C@H]4CC[C@]3(C)C2=C(C)O1. The Balaban J connectivity index is 1.50. The first-order valence-corrected chi connectivity index (χ1v) is 13.2. The van der Waals surface area contributed by atoms with Crippen molar-refractivity contribution < 1.29 is 33.3 Å². The molecular formula is C29H38O7. The molecule has 7 atom stereocenters. The highest BCUT2D eigenvalue weighted by Gasteiger charge is 2.62. The fraction of sp³-hybridized carbons (Fsp3) is 0.690. The van der Waals surface area contributed by atoms with Gasteiger partial charge in [0, 0.05) is 19.3 Å². The smallest absolute Gasteiger partial charge is 0.374 e. The van der Waals surface area contributed by atoms with Crippen LogP contribution in [-0.4, -0.2) is 38.2 Å². The minimum atomic E-state index is -0.644. The van der Waals surface area contributed by atoms with Crippen LogP contribution >= 0.6 is 0 Å². The molecule has 1 heterocycles. The molecule has 0 saturated heterocycles. The zero-order valence-corrected chi connectivity index (χ0v) is 22.3. The normalized spacial score (nSPS) is 39.1. The Kier molecular flexibility index (Phi) is 6.12. The van der Waals surface area contributed by atoms with Gasteiger partial charge in [-0.05, 0) is 79.6 Å². The van der Waals surface area contributed by atoms with Crippen molar-refractivity contribution in [2.45, 2.75) is 78.7 Å². The van der Waals surface area contributed by atoms with Gasteiger partial charge in [0.25, 0.3) is 0 Å². The summed E-state index contributed by atoms with van der Waals surface area (Å²) >= 11 is 0. The predicted octanol–water partition coefficient (Wildman–Crippen LogP) is 5.01. The second-order valence-corrected chi connectivity index (χ2v) is 11.8. The van der Waals surface area contributed by atoms with E-state index >= 15 is 0 Å². The number of carbonyl (C=O) groups is 3. The Labute approximate surface area is 213 Å². The molecule has 7 nitrogen and oxygen atoms in total. The van der Waals surface area contributed by atoms with Crippen LogP contribution in [-0.2, 0) is 33.3 Å². The summed E-state index contributed by atoms with van der Waals surface area (Å²) in [5.74, 6) is 0.508. The average molecular weight is 499 g/mol. The molecule has 3 saturated carbocycles. The van der Waals surface area contributed by atoms with E-state index in [1.807, 2.05) is 6.92 Å². The maximum Gasteiger partial charge on any atom is 0.374 e. The maximum absolute atomic E-state index is 12.9. The molecule has 0 N–H and O–H groups in total. The van der Waals surface area contributed by atoms with Crippen molar-refractivity contribution in [2.75, 3.05) is 14.2 Å². The molecule has 0 spiro atoms. The second-order valence-electron chi connectivity index (χ2n) is 11.8. The molecule has 1 aliphatic heterocycles. The predicted molar refractivity (Wildman–Crippen MR) is 131 cm³/mol. The van der Waals surface area contributed by atoms with Crippen LogP contribution in [0.3, 0.4) is 0 Å². The number of rotatable bonds is 3. The molecule has 5 rings (SSSR count). The van der Waals surface area contributed by atoms with Gasteiger partial charge in [0.05, 0.1) is 19.8 Å². The number of allylic oxidation sites excluding steroid dienone is 3. The minimum absolute atomic E-state index is 0.0176. The van der Waals surface area contributed by atoms with E-state index in [-0.39, 0.29) is 34.6 Å². The summed E-state index contributed by atoms with van der Waals surface area (Å²) in [6, 6.07) is 0. The van der Waals surface area contributed by atoms with Crippen LogP contribution < -0.4 is 0 Å². The molecule has 3 fully saturated rings. The van der Waals surface area contributed by atoms with Gasteiger partial charge in [0.1, 0.15) is 11.9 Å². The summed E-state index contributed by atoms with van der Waals surface area (Å²) in [4.78, 5) is 37.1. The van der Waals surface area contributed by atoms with Crippen molar-refractivity contribution >= 4 is 17.9 Å². The molecule has 0 aromatic rings. The highest BCUT2D eigenvalue weighted by Crippen LogP contribution is 2.69. The third-order valence-corrected chi connectivity index (χ3v) is 10.2. The third kappa shape index (κ3) is 3.56. The number of methoxy groups -OCH3 is 2. The van der Waals surface area contributed by atoms with Crippen LogP contribution in [0.4, 0.5) is 0 Å². The van der Waals surface area contributed by atoms with E-state index < -0.39 is 11.9 Å². The Morgan fingerprint density at radius 3 is 2.36 bits per heavy atom. The van der Waals surface area contributed by atoms with Crippen molar-refractivity contribution in [1.82, 2.24) is 0 Å². The minimum Gasteiger partial charge on any atom is -0.466 e. The van der Waals surface area contributed by atoms with Gasteiger partial charge >= 0.3 is 17.9 Å². The van der Waals surface area contributed by atoms with Crippen molar-refractivity contribution in [2.24, 2.45) is 34.5 Å². The average Bonchev–Trinajstić information content (AvgIpc) is 3.16. The number of hydrogen-bond acceptors (Lipinski definition) is 7. The quantitative estimate of drug-likeness (QED) is 0.307. The van der Waals surface area contributed by atoms with E-state index in [9.17, 15) is 14.4 Å². The van der Waals surface area contributed by atoms with E-state index in [1.165, 1.54) is 26.7 Å².